The lowest BCUT2D eigenvalue weighted by atomic mass is 10.2. The molecule has 2 N–H and O–H groups in total. The van der Waals surface area contributed by atoms with Crippen LogP contribution in [0.25, 0.3) is 0 Å². The molecule has 90 valence electrons. The smallest absolute Gasteiger partial charge is 0.163 e. The van der Waals surface area contributed by atoms with Crippen molar-refractivity contribution in [2.45, 2.75) is 20.0 Å². The molecular formula is C12H13F2N3. The molecule has 5 heteroatoms. The Hall–Kier alpha value is -1.75. The summed E-state index contributed by atoms with van der Waals surface area (Å²) in [5, 5.41) is 4.10. The molecule has 0 aliphatic carbocycles. The van der Waals surface area contributed by atoms with Gasteiger partial charge in [-0.05, 0) is 13.0 Å². The normalized spacial score (nSPS) is 10.8. The third-order valence-corrected chi connectivity index (χ3v) is 2.78. The van der Waals surface area contributed by atoms with Crippen LogP contribution < -0.4 is 5.73 Å². The summed E-state index contributed by atoms with van der Waals surface area (Å²) in [5.41, 5.74) is 7.58. The predicted octanol–water partition coefficient (Wildman–Crippen LogP) is 1.98. The summed E-state index contributed by atoms with van der Waals surface area (Å²) in [6, 6.07) is 4.12. The fourth-order valence-corrected chi connectivity index (χ4v) is 1.68. The highest BCUT2D eigenvalue weighted by Crippen LogP contribution is 2.14. The van der Waals surface area contributed by atoms with Crippen LogP contribution in [0.3, 0.4) is 0 Å². The van der Waals surface area contributed by atoms with Crippen LogP contribution in [0, 0.1) is 18.6 Å². The van der Waals surface area contributed by atoms with Crippen molar-refractivity contribution in [2.75, 3.05) is 0 Å². The van der Waals surface area contributed by atoms with Crippen molar-refractivity contribution in [2.24, 2.45) is 5.73 Å². The molecule has 0 saturated heterocycles. The van der Waals surface area contributed by atoms with Gasteiger partial charge in [-0.1, -0.05) is 12.1 Å². The second-order valence-corrected chi connectivity index (χ2v) is 3.83. The Morgan fingerprint density at radius 2 is 2.06 bits per heavy atom. The number of aromatic nitrogens is 2. The maximum absolute atomic E-state index is 13.5. The van der Waals surface area contributed by atoms with Gasteiger partial charge in [0.15, 0.2) is 11.6 Å². The summed E-state index contributed by atoms with van der Waals surface area (Å²) in [4.78, 5) is 0. The summed E-state index contributed by atoms with van der Waals surface area (Å²) in [7, 11) is 0. The maximum atomic E-state index is 13.5. The van der Waals surface area contributed by atoms with E-state index in [1.165, 1.54) is 6.07 Å². The lowest BCUT2D eigenvalue weighted by molar-refractivity contribution is 0.491. The van der Waals surface area contributed by atoms with Gasteiger partial charge in [0.05, 0.1) is 12.7 Å². The predicted molar refractivity (Wildman–Crippen MR) is 60.3 cm³/mol. The van der Waals surface area contributed by atoms with Gasteiger partial charge in [-0.25, -0.2) is 8.78 Å². The van der Waals surface area contributed by atoms with Crippen LogP contribution in [0.15, 0.2) is 24.4 Å². The van der Waals surface area contributed by atoms with Crippen LogP contribution in [0.2, 0.25) is 0 Å². The number of hydrogen-bond acceptors (Lipinski definition) is 2. The standard InChI is InChI=1S/C12H13F2N3/c1-8-10(5-15)6-16-17(8)7-9-3-2-4-11(13)12(9)14/h2-4,6H,5,7,15H2,1H3. The van der Waals surface area contributed by atoms with Gasteiger partial charge in [-0.2, -0.15) is 5.10 Å². The van der Waals surface area contributed by atoms with Gasteiger partial charge in [0, 0.05) is 23.4 Å². The van der Waals surface area contributed by atoms with E-state index in [4.69, 9.17) is 5.73 Å². The minimum atomic E-state index is -0.841. The van der Waals surface area contributed by atoms with Crippen LogP contribution in [-0.2, 0) is 13.1 Å². The molecule has 0 bridgehead atoms. The second kappa shape index (κ2) is 4.63. The van der Waals surface area contributed by atoms with Gasteiger partial charge in [-0.15, -0.1) is 0 Å². The fraction of sp³-hybridized carbons (Fsp3) is 0.250. The molecule has 17 heavy (non-hydrogen) atoms. The van der Waals surface area contributed by atoms with Crippen molar-refractivity contribution in [3.05, 3.63) is 52.9 Å². The largest absolute Gasteiger partial charge is 0.326 e. The summed E-state index contributed by atoms with van der Waals surface area (Å²) < 4.78 is 28.1. The van der Waals surface area contributed by atoms with E-state index in [1.807, 2.05) is 6.92 Å². The van der Waals surface area contributed by atoms with Gasteiger partial charge in [-0.3, -0.25) is 4.68 Å². The van der Waals surface area contributed by atoms with E-state index in [0.717, 1.165) is 17.3 Å². The molecule has 0 aliphatic heterocycles. The molecule has 3 nitrogen and oxygen atoms in total. The Balaban J connectivity index is 2.31. The summed E-state index contributed by atoms with van der Waals surface area (Å²) in [5.74, 6) is -1.66. The van der Waals surface area contributed by atoms with Gasteiger partial charge >= 0.3 is 0 Å². The van der Waals surface area contributed by atoms with E-state index in [-0.39, 0.29) is 12.1 Å². The Morgan fingerprint density at radius 3 is 2.71 bits per heavy atom. The number of rotatable bonds is 3. The van der Waals surface area contributed by atoms with E-state index in [0.29, 0.717) is 6.54 Å². The van der Waals surface area contributed by atoms with Crippen molar-refractivity contribution in [1.82, 2.24) is 9.78 Å². The second-order valence-electron chi connectivity index (χ2n) is 3.83. The van der Waals surface area contributed by atoms with E-state index in [2.05, 4.69) is 5.10 Å². The molecule has 1 aromatic heterocycles. The highest BCUT2D eigenvalue weighted by Gasteiger charge is 2.10. The molecule has 0 radical (unpaired) electrons. The zero-order valence-corrected chi connectivity index (χ0v) is 9.45. The van der Waals surface area contributed by atoms with Gasteiger partial charge in [0.1, 0.15) is 0 Å². The zero-order chi connectivity index (χ0) is 12.4. The highest BCUT2D eigenvalue weighted by molar-refractivity contribution is 5.21. The Kier molecular flexibility index (Phi) is 3.19. The van der Waals surface area contributed by atoms with E-state index in [9.17, 15) is 8.78 Å². The average Bonchev–Trinajstić information content (AvgIpc) is 2.66. The average molecular weight is 237 g/mol. The van der Waals surface area contributed by atoms with Crippen molar-refractivity contribution < 1.29 is 8.78 Å². The third kappa shape index (κ3) is 2.19. The Labute approximate surface area is 97.9 Å². The number of halogens is 2. The summed E-state index contributed by atoms with van der Waals surface area (Å²) in [6.07, 6.45) is 1.65. The Morgan fingerprint density at radius 1 is 1.29 bits per heavy atom. The number of hydrogen-bond donors (Lipinski definition) is 1. The Bertz CT molecular complexity index is 535. The van der Waals surface area contributed by atoms with Crippen LogP contribution in [-0.4, -0.2) is 9.78 Å². The van der Waals surface area contributed by atoms with Crippen molar-refractivity contribution >= 4 is 0 Å². The molecule has 0 unspecified atom stereocenters. The molecule has 0 amide bonds. The first-order valence-corrected chi connectivity index (χ1v) is 5.27. The van der Waals surface area contributed by atoms with E-state index >= 15 is 0 Å². The van der Waals surface area contributed by atoms with Gasteiger partial charge in [0.25, 0.3) is 0 Å². The summed E-state index contributed by atoms with van der Waals surface area (Å²) in [6.45, 7) is 2.44. The first-order chi connectivity index (χ1) is 8.13. The molecule has 2 rings (SSSR count). The molecule has 0 fully saturated rings. The molecule has 0 saturated carbocycles. The topological polar surface area (TPSA) is 43.8 Å². The van der Waals surface area contributed by atoms with Crippen molar-refractivity contribution in [1.29, 1.82) is 0 Å². The maximum Gasteiger partial charge on any atom is 0.163 e. The van der Waals surface area contributed by atoms with E-state index < -0.39 is 11.6 Å². The minimum absolute atomic E-state index is 0.204. The molecule has 2 aromatic rings. The van der Waals surface area contributed by atoms with Crippen LogP contribution in [0.5, 0.6) is 0 Å². The monoisotopic (exact) mass is 237 g/mol. The highest BCUT2D eigenvalue weighted by atomic mass is 19.2. The SMILES string of the molecule is Cc1c(CN)cnn1Cc1cccc(F)c1F. The van der Waals surface area contributed by atoms with Crippen molar-refractivity contribution in [3.8, 4) is 0 Å². The van der Waals surface area contributed by atoms with Crippen LogP contribution in [0.1, 0.15) is 16.8 Å². The van der Waals surface area contributed by atoms with Crippen LogP contribution >= 0.6 is 0 Å². The number of nitrogens with zero attached hydrogens (tertiary/aromatic N) is 2. The number of nitrogens with two attached hydrogens (primary N) is 1. The van der Waals surface area contributed by atoms with Crippen LogP contribution in [0.4, 0.5) is 8.78 Å². The lowest BCUT2D eigenvalue weighted by Gasteiger charge is -2.07. The molecular weight excluding hydrogens is 224 g/mol. The molecule has 0 atom stereocenters. The fourth-order valence-electron chi connectivity index (χ4n) is 1.68. The van der Waals surface area contributed by atoms with Gasteiger partial charge in [0.2, 0.25) is 0 Å². The number of benzene rings is 1. The first kappa shape index (κ1) is 11.7. The first-order valence-electron chi connectivity index (χ1n) is 5.27. The van der Waals surface area contributed by atoms with Crippen molar-refractivity contribution in [3.63, 3.8) is 0 Å². The molecule has 0 aliphatic rings. The molecule has 0 spiro atoms. The molecule has 1 aromatic carbocycles. The summed E-state index contributed by atoms with van der Waals surface area (Å²) >= 11 is 0. The van der Waals surface area contributed by atoms with E-state index in [1.54, 1.807) is 16.9 Å². The quantitative estimate of drug-likeness (QED) is 0.887. The third-order valence-electron chi connectivity index (χ3n) is 2.78. The van der Waals surface area contributed by atoms with Gasteiger partial charge < -0.3 is 5.73 Å². The molecule has 1 heterocycles. The lowest BCUT2D eigenvalue weighted by Crippen LogP contribution is -2.07. The minimum Gasteiger partial charge on any atom is -0.326 e. The zero-order valence-electron chi connectivity index (χ0n) is 9.45.